The Morgan fingerprint density at radius 3 is 2.40 bits per heavy atom. The highest BCUT2D eigenvalue weighted by molar-refractivity contribution is 4.93. The number of hydrogen-bond donors (Lipinski definition) is 1. The first-order valence-corrected chi connectivity index (χ1v) is 6.55. The molecule has 0 aromatic rings. The standard InChI is InChI=1S/C13H25NO/c1-15-13(7-4-8-13)10-12(14)9-11-5-2-3-6-11/h11-12H,2-10,14H2,1H3. The molecule has 1 atom stereocenters. The normalized spacial score (nSPS) is 27.6. The Morgan fingerprint density at radius 1 is 1.27 bits per heavy atom. The minimum atomic E-state index is 0.165. The van der Waals surface area contributed by atoms with E-state index in [2.05, 4.69) is 0 Å². The molecule has 0 spiro atoms. The van der Waals surface area contributed by atoms with Crippen LogP contribution in [0.2, 0.25) is 0 Å². The van der Waals surface area contributed by atoms with Gasteiger partial charge in [0, 0.05) is 13.2 Å². The molecule has 0 aromatic heterocycles. The van der Waals surface area contributed by atoms with Crippen molar-refractivity contribution >= 4 is 0 Å². The van der Waals surface area contributed by atoms with Crippen LogP contribution in [0, 0.1) is 5.92 Å². The van der Waals surface area contributed by atoms with Crippen molar-refractivity contribution in [3.63, 3.8) is 0 Å². The molecule has 0 amide bonds. The van der Waals surface area contributed by atoms with Crippen LogP contribution >= 0.6 is 0 Å². The molecule has 2 fully saturated rings. The third-order valence-electron chi connectivity index (χ3n) is 4.44. The lowest BCUT2D eigenvalue weighted by molar-refractivity contribution is -0.0823. The van der Waals surface area contributed by atoms with Crippen molar-refractivity contribution < 1.29 is 4.74 Å². The number of ether oxygens (including phenoxy) is 1. The summed E-state index contributed by atoms with van der Waals surface area (Å²) in [6, 6.07) is 0.369. The van der Waals surface area contributed by atoms with Gasteiger partial charge in [0.15, 0.2) is 0 Å². The fraction of sp³-hybridized carbons (Fsp3) is 1.00. The lowest BCUT2D eigenvalue weighted by Crippen LogP contribution is -2.44. The predicted molar refractivity (Wildman–Crippen MR) is 62.8 cm³/mol. The van der Waals surface area contributed by atoms with Crippen molar-refractivity contribution in [1.82, 2.24) is 0 Å². The molecule has 0 saturated heterocycles. The van der Waals surface area contributed by atoms with Gasteiger partial charge in [-0.05, 0) is 38.0 Å². The lowest BCUT2D eigenvalue weighted by Gasteiger charge is -2.42. The van der Waals surface area contributed by atoms with Gasteiger partial charge in [-0.2, -0.15) is 0 Å². The molecule has 2 heteroatoms. The SMILES string of the molecule is COC1(CC(N)CC2CCCC2)CCC1. The molecule has 2 aliphatic carbocycles. The van der Waals surface area contributed by atoms with Gasteiger partial charge in [0.05, 0.1) is 5.60 Å². The average molecular weight is 211 g/mol. The van der Waals surface area contributed by atoms with E-state index in [-0.39, 0.29) is 5.60 Å². The maximum absolute atomic E-state index is 6.24. The average Bonchev–Trinajstić information content (AvgIpc) is 2.64. The van der Waals surface area contributed by atoms with Crippen LogP contribution in [-0.4, -0.2) is 18.8 Å². The smallest absolute Gasteiger partial charge is 0.0693 e. The molecule has 1 unspecified atom stereocenters. The van der Waals surface area contributed by atoms with Crippen LogP contribution in [0.5, 0.6) is 0 Å². The summed E-state index contributed by atoms with van der Waals surface area (Å²) >= 11 is 0. The minimum absolute atomic E-state index is 0.165. The monoisotopic (exact) mass is 211 g/mol. The number of nitrogens with two attached hydrogens (primary N) is 1. The van der Waals surface area contributed by atoms with E-state index < -0.39 is 0 Å². The number of hydrogen-bond acceptors (Lipinski definition) is 2. The second-order valence-electron chi connectivity index (χ2n) is 5.59. The van der Waals surface area contributed by atoms with Crippen molar-refractivity contribution in [3.05, 3.63) is 0 Å². The van der Waals surface area contributed by atoms with Gasteiger partial charge in [-0.1, -0.05) is 25.7 Å². The number of methoxy groups -OCH3 is 1. The first-order chi connectivity index (χ1) is 7.24. The van der Waals surface area contributed by atoms with Gasteiger partial charge in [-0.3, -0.25) is 0 Å². The molecule has 0 heterocycles. The zero-order valence-corrected chi connectivity index (χ0v) is 10.0. The molecule has 88 valence electrons. The summed E-state index contributed by atoms with van der Waals surface area (Å²) < 4.78 is 5.63. The van der Waals surface area contributed by atoms with Crippen molar-refractivity contribution in [2.45, 2.75) is 69.4 Å². The van der Waals surface area contributed by atoms with Gasteiger partial charge in [-0.25, -0.2) is 0 Å². The first kappa shape index (κ1) is 11.4. The summed E-state index contributed by atoms with van der Waals surface area (Å²) in [6.45, 7) is 0. The van der Waals surface area contributed by atoms with Gasteiger partial charge < -0.3 is 10.5 Å². The van der Waals surface area contributed by atoms with E-state index in [1.54, 1.807) is 0 Å². The Morgan fingerprint density at radius 2 is 1.93 bits per heavy atom. The van der Waals surface area contributed by atoms with E-state index in [4.69, 9.17) is 10.5 Å². The maximum atomic E-state index is 6.24. The van der Waals surface area contributed by atoms with E-state index >= 15 is 0 Å². The summed E-state index contributed by atoms with van der Waals surface area (Å²) in [5, 5.41) is 0. The van der Waals surface area contributed by atoms with Crippen LogP contribution in [-0.2, 0) is 4.74 Å². The fourth-order valence-electron chi connectivity index (χ4n) is 3.30. The van der Waals surface area contributed by atoms with Crippen LogP contribution in [0.3, 0.4) is 0 Å². The Balaban J connectivity index is 1.73. The maximum Gasteiger partial charge on any atom is 0.0693 e. The zero-order chi connectivity index (χ0) is 10.7. The highest BCUT2D eigenvalue weighted by atomic mass is 16.5. The first-order valence-electron chi connectivity index (χ1n) is 6.55. The highest BCUT2D eigenvalue weighted by Crippen LogP contribution is 2.40. The number of rotatable bonds is 5. The van der Waals surface area contributed by atoms with Crippen LogP contribution in [0.4, 0.5) is 0 Å². The third-order valence-corrected chi connectivity index (χ3v) is 4.44. The van der Waals surface area contributed by atoms with Crippen molar-refractivity contribution in [2.24, 2.45) is 11.7 Å². The molecule has 15 heavy (non-hydrogen) atoms. The second-order valence-corrected chi connectivity index (χ2v) is 5.59. The molecule has 0 radical (unpaired) electrons. The summed E-state index contributed by atoms with van der Waals surface area (Å²) in [6.07, 6.45) is 11.7. The second kappa shape index (κ2) is 4.84. The third kappa shape index (κ3) is 2.73. The van der Waals surface area contributed by atoms with E-state index in [0.717, 1.165) is 12.3 Å². The van der Waals surface area contributed by atoms with Gasteiger partial charge in [0.2, 0.25) is 0 Å². The zero-order valence-electron chi connectivity index (χ0n) is 10.0. The van der Waals surface area contributed by atoms with Crippen LogP contribution in [0.25, 0.3) is 0 Å². The molecule has 2 rings (SSSR count). The molecule has 0 aromatic carbocycles. The lowest BCUT2D eigenvalue weighted by atomic mass is 9.74. The molecule has 0 aliphatic heterocycles. The highest BCUT2D eigenvalue weighted by Gasteiger charge is 2.38. The quantitative estimate of drug-likeness (QED) is 0.759. The Labute approximate surface area is 93.6 Å². The Hall–Kier alpha value is -0.0800. The molecule has 2 saturated carbocycles. The van der Waals surface area contributed by atoms with Crippen LogP contribution < -0.4 is 5.73 Å². The largest absolute Gasteiger partial charge is 0.378 e. The van der Waals surface area contributed by atoms with Crippen molar-refractivity contribution in [3.8, 4) is 0 Å². The summed E-state index contributed by atoms with van der Waals surface area (Å²) in [5.41, 5.74) is 6.41. The van der Waals surface area contributed by atoms with E-state index in [0.29, 0.717) is 6.04 Å². The van der Waals surface area contributed by atoms with Crippen molar-refractivity contribution in [2.75, 3.05) is 7.11 Å². The van der Waals surface area contributed by atoms with Crippen LogP contribution in [0.15, 0.2) is 0 Å². The summed E-state index contributed by atoms with van der Waals surface area (Å²) in [4.78, 5) is 0. The molecular weight excluding hydrogens is 186 g/mol. The molecule has 2 aliphatic rings. The topological polar surface area (TPSA) is 35.2 Å². The van der Waals surface area contributed by atoms with Crippen LogP contribution in [0.1, 0.15) is 57.8 Å². The fourth-order valence-corrected chi connectivity index (χ4v) is 3.30. The summed E-state index contributed by atoms with van der Waals surface area (Å²) in [7, 11) is 1.85. The van der Waals surface area contributed by atoms with Crippen molar-refractivity contribution in [1.29, 1.82) is 0 Å². The minimum Gasteiger partial charge on any atom is -0.378 e. The van der Waals surface area contributed by atoms with Gasteiger partial charge in [0.1, 0.15) is 0 Å². The molecule has 2 nitrogen and oxygen atoms in total. The molecule has 0 bridgehead atoms. The van der Waals surface area contributed by atoms with Gasteiger partial charge >= 0.3 is 0 Å². The van der Waals surface area contributed by atoms with E-state index in [9.17, 15) is 0 Å². The Bertz CT molecular complexity index is 189. The predicted octanol–water partition coefficient (Wildman–Crippen LogP) is 2.85. The molecule has 2 N–H and O–H groups in total. The van der Waals surface area contributed by atoms with E-state index in [1.165, 1.54) is 51.4 Å². The van der Waals surface area contributed by atoms with Gasteiger partial charge in [0.25, 0.3) is 0 Å². The van der Waals surface area contributed by atoms with E-state index in [1.807, 2.05) is 7.11 Å². The van der Waals surface area contributed by atoms with Gasteiger partial charge in [-0.15, -0.1) is 0 Å². The Kier molecular flexibility index (Phi) is 3.68. The molecular formula is C13H25NO. The summed E-state index contributed by atoms with van der Waals surface area (Å²) in [5.74, 6) is 0.911.